The second-order valence-electron chi connectivity index (χ2n) is 4.61. The summed E-state index contributed by atoms with van der Waals surface area (Å²) in [5.74, 6) is 0. The van der Waals surface area contributed by atoms with Crippen molar-refractivity contribution in [3.8, 4) is 0 Å². The highest BCUT2D eigenvalue weighted by molar-refractivity contribution is 4.68. The minimum atomic E-state index is 0.270. The Morgan fingerprint density at radius 2 is 1.93 bits per heavy atom. The molecule has 1 saturated heterocycles. The minimum Gasteiger partial charge on any atom is -0.362 e. The lowest BCUT2D eigenvalue weighted by Crippen LogP contribution is -2.54. The van der Waals surface area contributed by atoms with Gasteiger partial charge in [0.25, 0.3) is 0 Å². The Bertz CT molecular complexity index is 153. The van der Waals surface area contributed by atoms with Crippen LogP contribution in [0.1, 0.15) is 47.0 Å². The molecule has 0 aromatic carbocycles. The average molecular weight is 200 g/mol. The van der Waals surface area contributed by atoms with E-state index in [4.69, 9.17) is 4.74 Å². The molecule has 1 fully saturated rings. The summed E-state index contributed by atoms with van der Waals surface area (Å²) in [6.07, 6.45) is 3.92. The van der Waals surface area contributed by atoms with Crippen LogP contribution in [0.3, 0.4) is 0 Å². The van der Waals surface area contributed by atoms with Gasteiger partial charge in [-0.1, -0.05) is 0 Å². The minimum absolute atomic E-state index is 0.270. The topological polar surface area (TPSA) is 24.5 Å². The molecule has 3 nitrogen and oxygen atoms in total. The molecule has 1 atom stereocenters. The van der Waals surface area contributed by atoms with Crippen LogP contribution in [0, 0.1) is 0 Å². The third kappa shape index (κ3) is 3.56. The zero-order valence-corrected chi connectivity index (χ0v) is 9.92. The van der Waals surface area contributed by atoms with Crippen LogP contribution in [0.2, 0.25) is 0 Å². The third-order valence-corrected chi connectivity index (χ3v) is 2.43. The molecule has 1 N–H and O–H groups in total. The van der Waals surface area contributed by atoms with E-state index >= 15 is 0 Å². The zero-order chi connectivity index (χ0) is 10.6. The van der Waals surface area contributed by atoms with E-state index in [1.165, 1.54) is 12.8 Å². The van der Waals surface area contributed by atoms with Gasteiger partial charge in [0.2, 0.25) is 0 Å². The largest absolute Gasteiger partial charge is 0.362 e. The van der Waals surface area contributed by atoms with E-state index in [1.54, 1.807) is 0 Å². The zero-order valence-electron chi connectivity index (χ0n) is 9.92. The fraction of sp³-hybridized carbons (Fsp3) is 1.00. The first-order valence-electron chi connectivity index (χ1n) is 5.77. The molecule has 1 heterocycles. The second-order valence-corrected chi connectivity index (χ2v) is 4.61. The van der Waals surface area contributed by atoms with Crippen LogP contribution in [-0.2, 0) is 4.74 Å². The molecule has 0 bridgehead atoms. The van der Waals surface area contributed by atoms with Gasteiger partial charge in [0, 0.05) is 18.7 Å². The highest BCUT2D eigenvalue weighted by atomic mass is 16.5. The van der Waals surface area contributed by atoms with E-state index in [-0.39, 0.29) is 6.23 Å². The Morgan fingerprint density at radius 3 is 2.36 bits per heavy atom. The fourth-order valence-corrected chi connectivity index (χ4v) is 1.81. The fourth-order valence-electron chi connectivity index (χ4n) is 1.81. The molecule has 0 aromatic rings. The van der Waals surface area contributed by atoms with Crippen molar-refractivity contribution in [1.29, 1.82) is 0 Å². The van der Waals surface area contributed by atoms with E-state index in [1.807, 2.05) is 0 Å². The molecule has 1 aliphatic rings. The number of hydrogen-bond donors (Lipinski definition) is 1. The number of nitrogens with zero attached hydrogens (tertiary/aromatic N) is 1. The average Bonchev–Trinajstić information content (AvgIpc) is 2.15. The van der Waals surface area contributed by atoms with Gasteiger partial charge in [-0.15, -0.1) is 0 Å². The Balaban J connectivity index is 2.47. The number of rotatable bonds is 4. The van der Waals surface area contributed by atoms with Crippen LogP contribution in [-0.4, -0.2) is 29.9 Å². The van der Waals surface area contributed by atoms with Gasteiger partial charge in [-0.05, 0) is 47.0 Å². The van der Waals surface area contributed by atoms with Gasteiger partial charge in [0.15, 0.2) is 0 Å². The van der Waals surface area contributed by atoms with Crippen molar-refractivity contribution in [2.75, 3.05) is 6.61 Å². The van der Waals surface area contributed by atoms with Gasteiger partial charge in [-0.25, -0.2) is 5.01 Å². The van der Waals surface area contributed by atoms with Crippen molar-refractivity contribution in [2.24, 2.45) is 0 Å². The van der Waals surface area contributed by atoms with Crippen molar-refractivity contribution in [1.82, 2.24) is 10.4 Å². The van der Waals surface area contributed by atoms with Gasteiger partial charge in [-0.2, -0.15) is 0 Å². The van der Waals surface area contributed by atoms with E-state index in [0.717, 1.165) is 13.0 Å². The molecular formula is C11H24N2O. The Hall–Kier alpha value is -0.120. The number of hydrazine groups is 1. The number of nitrogens with one attached hydrogen (secondary N) is 1. The standard InChI is InChI=1S/C11H24N2O/c1-9(2)12-13(10(3)4)11-7-5-6-8-14-11/h9-12H,5-8H2,1-4H3. The van der Waals surface area contributed by atoms with Crippen molar-refractivity contribution in [3.63, 3.8) is 0 Å². The molecule has 3 heteroatoms. The van der Waals surface area contributed by atoms with Crippen LogP contribution in [0.25, 0.3) is 0 Å². The monoisotopic (exact) mass is 200 g/mol. The molecule has 0 radical (unpaired) electrons. The van der Waals surface area contributed by atoms with E-state index in [0.29, 0.717) is 12.1 Å². The van der Waals surface area contributed by atoms with Crippen LogP contribution in [0.5, 0.6) is 0 Å². The lowest BCUT2D eigenvalue weighted by molar-refractivity contribution is -0.125. The van der Waals surface area contributed by atoms with Crippen LogP contribution < -0.4 is 5.43 Å². The smallest absolute Gasteiger partial charge is 0.123 e. The van der Waals surface area contributed by atoms with E-state index in [2.05, 4.69) is 38.1 Å². The number of ether oxygens (including phenoxy) is 1. The highest BCUT2D eigenvalue weighted by Gasteiger charge is 2.24. The van der Waals surface area contributed by atoms with Gasteiger partial charge in [-0.3, -0.25) is 5.43 Å². The first-order chi connectivity index (χ1) is 6.61. The maximum absolute atomic E-state index is 5.77. The summed E-state index contributed by atoms with van der Waals surface area (Å²) in [6, 6.07) is 0.962. The lowest BCUT2D eigenvalue weighted by atomic mass is 10.1. The van der Waals surface area contributed by atoms with Crippen molar-refractivity contribution < 1.29 is 4.74 Å². The molecule has 1 unspecified atom stereocenters. The predicted octanol–water partition coefficient (Wildman–Crippen LogP) is 2.14. The van der Waals surface area contributed by atoms with Crippen molar-refractivity contribution in [3.05, 3.63) is 0 Å². The molecule has 0 saturated carbocycles. The third-order valence-electron chi connectivity index (χ3n) is 2.43. The molecule has 0 aliphatic carbocycles. The lowest BCUT2D eigenvalue weighted by Gasteiger charge is -2.38. The van der Waals surface area contributed by atoms with E-state index < -0.39 is 0 Å². The van der Waals surface area contributed by atoms with Crippen LogP contribution in [0.15, 0.2) is 0 Å². The first-order valence-corrected chi connectivity index (χ1v) is 5.77. The van der Waals surface area contributed by atoms with Crippen molar-refractivity contribution in [2.45, 2.75) is 65.3 Å². The predicted molar refractivity (Wildman–Crippen MR) is 58.8 cm³/mol. The van der Waals surface area contributed by atoms with Crippen LogP contribution >= 0.6 is 0 Å². The highest BCUT2D eigenvalue weighted by Crippen LogP contribution is 2.17. The second kappa shape index (κ2) is 5.69. The van der Waals surface area contributed by atoms with Gasteiger partial charge in [0.1, 0.15) is 6.23 Å². The summed E-state index contributed by atoms with van der Waals surface area (Å²) < 4.78 is 5.77. The SMILES string of the molecule is CC(C)NN(C(C)C)C1CCCCO1. The summed E-state index contributed by atoms with van der Waals surface area (Å²) in [7, 11) is 0. The molecule has 14 heavy (non-hydrogen) atoms. The Labute approximate surface area is 87.8 Å². The molecule has 0 aromatic heterocycles. The Kier molecular flexibility index (Phi) is 4.85. The molecule has 0 amide bonds. The Morgan fingerprint density at radius 1 is 1.21 bits per heavy atom. The molecular weight excluding hydrogens is 176 g/mol. The summed E-state index contributed by atoms with van der Waals surface area (Å²) >= 11 is 0. The molecule has 1 rings (SSSR count). The molecule has 0 spiro atoms. The van der Waals surface area contributed by atoms with Crippen molar-refractivity contribution >= 4 is 0 Å². The van der Waals surface area contributed by atoms with Gasteiger partial charge >= 0.3 is 0 Å². The summed E-state index contributed by atoms with van der Waals surface area (Å²) in [5, 5.41) is 2.25. The maximum atomic E-state index is 5.77. The summed E-state index contributed by atoms with van der Waals surface area (Å²) in [4.78, 5) is 0. The summed E-state index contributed by atoms with van der Waals surface area (Å²) in [6.45, 7) is 9.64. The van der Waals surface area contributed by atoms with Gasteiger partial charge in [0.05, 0.1) is 0 Å². The van der Waals surface area contributed by atoms with Gasteiger partial charge < -0.3 is 4.74 Å². The maximum Gasteiger partial charge on any atom is 0.123 e. The normalized spacial score (nSPS) is 23.8. The van der Waals surface area contributed by atoms with E-state index in [9.17, 15) is 0 Å². The summed E-state index contributed by atoms with van der Waals surface area (Å²) in [5.41, 5.74) is 3.46. The molecule has 84 valence electrons. The quantitative estimate of drug-likeness (QED) is 0.704. The molecule has 1 aliphatic heterocycles. The van der Waals surface area contributed by atoms with Crippen LogP contribution in [0.4, 0.5) is 0 Å². The number of hydrogen-bond acceptors (Lipinski definition) is 3. The first kappa shape index (κ1) is 12.0.